The van der Waals surface area contributed by atoms with Crippen LogP contribution in [-0.2, 0) is 10.0 Å². The fraction of sp³-hybridized carbons (Fsp3) is 0. The third kappa shape index (κ3) is 2.32. The number of halogens is 2. The van der Waals surface area contributed by atoms with Gasteiger partial charge in [0.25, 0.3) is 10.0 Å². The van der Waals surface area contributed by atoms with E-state index in [4.69, 9.17) is 29.2 Å². The molecule has 0 saturated carbocycles. The van der Waals surface area contributed by atoms with Crippen LogP contribution in [0.5, 0.6) is 0 Å². The first-order valence-corrected chi connectivity index (χ1v) is 5.31. The first kappa shape index (κ1) is 10.7. The van der Waals surface area contributed by atoms with E-state index in [9.17, 15) is 8.42 Å². The van der Waals surface area contributed by atoms with Crippen molar-refractivity contribution in [3.63, 3.8) is 0 Å². The van der Waals surface area contributed by atoms with E-state index in [1.54, 1.807) is 0 Å². The number of hydrogen-bond donors (Lipinski definition) is 1. The first-order valence-electron chi connectivity index (χ1n) is 3.16. The van der Waals surface area contributed by atoms with Gasteiger partial charge in [0.05, 0.1) is 4.90 Å². The van der Waals surface area contributed by atoms with Crippen LogP contribution in [0.2, 0.25) is 5.02 Å². The average molecular weight is 241 g/mol. The minimum absolute atomic E-state index is 0.00519. The summed E-state index contributed by atoms with van der Waals surface area (Å²) in [5, 5.41) is 0.442. The second-order valence-electron chi connectivity index (χ2n) is 2.20. The predicted molar refractivity (Wildman–Crippen MR) is 50.5 cm³/mol. The molecule has 1 aromatic rings. The highest BCUT2D eigenvalue weighted by atomic mass is 35.5. The lowest BCUT2D eigenvalue weighted by Crippen LogP contribution is -2.28. The molecule has 0 unspecified atom stereocenters. The molecule has 0 spiro atoms. The van der Waals surface area contributed by atoms with Crippen LogP contribution in [0, 0.1) is 0 Å². The number of benzene rings is 1. The molecule has 0 amide bonds. The largest absolute Gasteiger partial charge is 0.269 e. The van der Waals surface area contributed by atoms with Crippen molar-refractivity contribution < 1.29 is 8.42 Å². The average Bonchev–Trinajstić information content (AvgIpc) is 2.04. The summed E-state index contributed by atoms with van der Waals surface area (Å²) in [7, 11) is -3.78. The lowest BCUT2D eigenvalue weighted by Gasteiger charge is -2.07. The fourth-order valence-corrected chi connectivity index (χ4v) is 1.75. The molecular weight excluding hydrogens is 235 g/mol. The van der Waals surface area contributed by atoms with Gasteiger partial charge < -0.3 is 0 Å². The highest BCUT2D eigenvalue weighted by Crippen LogP contribution is 2.17. The van der Waals surface area contributed by atoms with Crippen LogP contribution < -0.4 is 5.84 Å². The zero-order chi connectivity index (χ0) is 10.1. The van der Waals surface area contributed by atoms with Gasteiger partial charge in [-0.2, -0.15) is 0 Å². The number of hydrogen-bond acceptors (Lipinski definition) is 3. The monoisotopic (exact) mass is 240 g/mol. The Morgan fingerprint density at radius 2 is 1.69 bits per heavy atom. The topological polar surface area (TPSA) is 63.4 Å². The molecule has 72 valence electrons. The summed E-state index contributed by atoms with van der Waals surface area (Å²) in [6.45, 7) is 0. The third-order valence-electron chi connectivity index (χ3n) is 1.34. The molecule has 0 atom stereocenters. The quantitative estimate of drug-likeness (QED) is 0.483. The number of hydrazine groups is 1. The Kier molecular flexibility index (Phi) is 3.15. The van der Waals surface area contributed by atoms with Crippen molar-refractivity contribution in [3.05, 3.63) is 29.3 Å². The fourth-order valence-electron chi connectivity index (χ4n) is 0.707. The normalized spacial score (nSPS) is 12.0. The summed E-state index contributed by atoms with van der Waals surface area (Å²) < 4.78 is 22.7. The standard InChI is InChI=1S/C6H6Cl2N2O2S/c7-5-1-3-6(4-2-5)13(11,12)10(8)9/h1-4H,9H2. The molecule has 4 nitrogen and oxygen atoms in total. The van der Waals surface area contributed by atoms with Crippen LogP contribution >= 0.6 is 23.4 Å². The SMILES string of the molecule is NN(Cl)S(=O)(=O)c1ccc(Cl)cc1. The van der Waals surface area contributed by atoms with Gasteiger partial charge in [0.2, 0.25) is 0 Å². The molecule has 1 aromatic carbocycles. The Morgan fingerprint density at radius 1 is 1.23 bits per heavy atom. The first-order chi connectivity index (χ1) is 5.94. The highest BCUT2D eigenvalue weighted by molar-refractivity contribution is 7.90. The van der Waals surface area contributed by atoms with E-state index in [0.29, 0.717) is 5.02 Å². The van der Waals surface area contributed by atoms with Gasteiger partial charge in [0.15, 0.2) is 0 Å². The van der Waals surface area contributed by atoms with E-state index in [1.807, 2.05) is 0 Å². The van der Waals surface area contributed by atoms with Gasteiger partial charge in [-0.1, -0.05) is 11.6 Å². The Hall–Kier alpha value is -0.330. The predicted octanol–water partition coefficient (Wildman–Crippen LogP) is 1.36. The number of nitrogens with two attached hydrogens (primary N) is 1. The Balaban J connectivity index is 3.17. The molecule has 0 aliphatic carbocycles. The van der Waals surface area contributed by atoms with Crippen molar-refractivity contribution in [1.29, 1.82) is 0 Å². The van der Waals surface area contributed by atoms with E-state index in [-0.39, 0.29) is 8.83 Å². The van der Waals surface area contributed by atoms with Crippen molar-refractivity contribution >= 4 is 33.4 Å². The summed E-state index contributed by atoms with van der Waals surface area (Å²) in [6, 6.07) is 5.52. The Bertz CT molecular complexity index is 388. The molecule has 0 aromatic heterocycles. The van der Waals surface area contributed by atoms with Crippen molar-refractivity contribution in [2.24, 2.45) is 5.84 Å². The van der Waals surface area contributed by atoms with Gasteiger partial charge in [0, 0.05) is 16.8 Å². The van der Waals surface area contributed by atoms with Gasteiger partial charge in [-0.15, -0.1) is 0 Å². The molecule has 0 bridgehead atoms. The smallest absolute Gasteiger partial charge is 0.240 e. The van der Waals surface area contributed by atoms with Gasteiger partial charge >= 0.3 is 0 Å². The highest BCUT2D eigenvalue weighted by Gasteiger charge is 2.19. The summed E-state index contributed by atoms with van der Waals surface area (Å²) in [4.78, 5) is -0.00519. The molecule has 0 heterocycles. The van der Waals surface area contributed by atoms with Crippen LogP contribution in [-0.4, -0.2) is 12.4 Å². The zero-order valence-electron chi connectivity index (χ0n) is 6.31. The number of nitrogens with zero attached hydrogens (tertiary/aromatic N) is 1. The maximum absolute atomic E-state index is 11.3. The summed E-state index contributed by atoms with van der Waals surface area (Å²) in [5.74, 6) is 4.92. The number of rotatable bonds is 2. The molecule has 7 heteroatoms. The van der Waals surface area contributed by atoms with E-state index in [1.165, 1.54) is 24.3 Å². The molecule has 0 saturated heterocycles. The Morgan fingerprint density at radius 3 is 2.08 bits per heavy atom. The zero-order valence-corrected chi connectivity index (χ0v) is 8.64. The van der Waals surface area contributed by atoms with Crippen LogP contribution in [0.3, 0.4) is 0 Å². The van der Waals surface area contributed by atoms with E-state index >= 15 is 0 Å². The third-order valence-corrected chi connectivity index (χ3v) is 3.47. The lowest BCUT2D eigenvalue weighted by molar-refractivity contribution is 0.546. The van der Waals surface area contributed by atoms with Gasteiger partial charge in [-0.25, -0.2) is 14.3 Å². The summed E-state index contributed by atoms with van der Waals surface area (Å²) in [6.07, 6.45) is 0. The van der Waals surface area contributed by atoms with Crippen molar-refractivity contribution in [2.45, 2.75) is 4.90 Å². The van der Waals surface area contributed by atoms with Crippen LogP contribution in [0.1, 0.15) is 0 Å². The van der Waals surface area contributed by atoms with E-state index < -0.39 is 10.0 Å². The Labute approximate surface area is 86.0 Å². The van der Waals surface area contributed by atoms with Crippen LogP contribution in [0.25, 0.3) is 0 Å². The number of sulfonamides is 1. The minimum Gasteiger partial charge on any atom is -0.240 e. The molecule has 0 aliphatic heterocycles. The molecule has 0 radical (unpaired) electrons. The second kappa shape index (κ2) is 3.81. The van der Waals surface area contributed by atoms with Gasteiger partial charge in [-0.05, 0) is 28.2 Å². The molecule has 0 fully saturated rings. The van der Waals surface area contributed by atoms with Crippen molar-refractivity contribution in [1.82, 2.24) is 3.93 Å². The van der Waals surface area contributed by atoms with Gasteiger partial charge in [0.1, 0.15) is 0 Å². The van der Waals surface area contributed by atoms with Crippen LogP contribution in [0.4, 0.5) is 0 Å². The second-order valence-corrected chi connectivity index (χ2v) is 5.02. The summed E-state index contributed by atoms with van der Waals surface area (Å²) >= 11 is 10.7. The van der Waals surface area contributed by atoms with E-state index in [2.05, 4.69) is 0 Å². The lowest BCUT2D eigenvalue weighted by atomic mass is 10.4. The van der Waals surface area contributed by atoms with E-state index in [0.717, 1.165) is 0 Å². The molecule has 1 rings (SSSR count). The van der Waals surface area contributed by atoms with Gasteiger partial charge in [-0.3, -0.25) is 0 Å². The molecule has 13 heavy (non-hydrogen) atoms. The molecule has 2 N–H and O–H groups in total. The molecule has 0 aliphatic rings. The summed E-state index contributed by atoms with van der Waals surface area (Å²) in [5.41, 5.74) is 0. The van der Waals surface area contributed by atoms with Crippen molar-refractivity contribution in [3.8, 4) is 0 Å². The minimum atomic E-state index is -3.78. The maximum Gasteiger partial charge on any atom is 0.269 e. The van der Waals surface area contributed by atoms with Crippen molar-refractivity contribution in [2.75, 3.05) is 0 Å². The van der Waals surface area contributed by atoms with Crippen LogP contribution in [0.15, 0.2) is 29.2 Å². The maximum atomic E-state index is 11.3. The molecular formula is C6H6Cl2N2O2S.